The molecule has 3 aromatic rings. The first-order chi connectivity index (χ1) is 12.4. The molecule has 1 amide bonds. The summed E-state index contributed by atoms with van der Waals surface area (Å²) in [5.41, 5.74) is 1.32. The summed E-state index contributed by atoms with van der Waals surface area (Å²) in [4.78, 5) is 13.0. The standard InChI is InChI=1S/C18H11Cl4NO2S/c19-11-2-1-10(14(21)7-11)9-25-16-5-6-26-17(16)18(24)23-12-3-4-13(20)15(22)8-12/h1-8H,9H2,(H,23,24). The molecule has 1 heterocycles. The van der Waals surface area contributed by atoms with Gasteiger partial charge in [0.2, 0.25) is 0 Å². The number of carbonyl (C=O) groups is 1. The van der Waals surface area contributed by atoms with E-state index < -0.39 is 0 Å². The fourth-order valence-corrected chi connectivity index (χ4v) is 3.62. The highest BCUT2D eigenvalue weighted by molar-refractivity contribution is 7.12. The SMILES string of the molecule is O=C(Nc1ccc(Cl)c(Cl)c1)c1sccc1OCc1ccc(Cl)cc1Cl. The van der Waals surface area contributed by atoms with E-state index in [0.29, 0.717) is 36.4 Å². The summed E-state index contributed by atoms with van der Waals surface area (Å²) in [7, 11) is 0. The molecule has 0 bridgehead atoms. The van der Waals surface area contributed by atoms with Crippen molar-refractivity contribution in [2.24, 2.45) is 0 Å². The van der Waals surface area contributed by atoms with Crippen LogP contribution in [-0.4, -0.2) is 5.91 Å². The zero-order valence-electron chi connectivity index (χ0n) is 13.1. The number of halogens is 4. The molecule has 134 valence electrons. The Bertz CT molecular complexity index is 958. The van der Waals surface area contributed by atoms with Crippen molar-refractivity contribution in [2.75, 3.05) is 5.32 Å². The van der Waals surface area contributed by atoms with Crippen LogP contribution in [0.4, 0.5) is 5.69 Å². The molecule has 0 radical (unpaired) electrons. The van der Waals surface area contributed by atoms with E-state index in [0.717, 1.165) is 5.56 Å². The van der Waals surface area contributed by atoms with Crippen molar-refractivity contribution in [3.05, 3.63) is 78.4 Å². The third-order valence-electron chi connectivity index (χ3n) is 3.41. The van der Waals surface area contributed by atoms with Gasteiger partial charge in [0.1, 0.15) is 17.2 Å². The maximum atomic E-state index is 12.5. The Morgan fingerprint density at radius 3 is 2.50 bits per heavy atom. The number of hydrogen-bond donors (Lipinski definition) is 1. The van der Waals surface area contributed by atoms with Gasteiger partial charge in [0, 0.05) is 21.3 Å². The first kappa shape index (κ1) is 19.3. The van der Waals surface area contributed by atoms with Crippen LogP contribution in [0.1, 0.15) is 15.2 Å². The Morgan fingerprint density at radius 1 is 0.962 bits per heavy atom. The molecule has 0 aliphatic carbocycles. The lowest BCUT2D eigenvalue weighted by molar-refractivity contribution is 0.102. The highest BCUT2D eigenvalue weighted by Gasteiger charge is 2.16. The molecule has 26 heavy (non-hydrogen) atoms. The van der Waals surface area contributed by atoms with Crippen molar-refractivity contribution in [3.8, 4) is 5.75 Å². The minimum absolute atomic E-state index is 0.222. The van der Waals surface area contributed by atoms with E-state index in [1.54, 1.807) is 47.8 Å². The normalized spacial score (nSPS) is 10.6. The number of thiophene rings is 1. The average Bonchev–Trinajstić information content (AvgIpc) is 3.06. The average molecular weight is 447 g/mol. The van der Waals surface area contributed by atoms with Crippen molar-refractivity contribution in [2.45, 2.75) is 6.61 Å². The van der Waals surface area contributed by atoms with Crippen molar-refractivity contribution in [1.29, 1.82) is 0 Å². The van der Waals surface area contributed by atoms with Crippen molar-refractivity contribution >= 4 is 69.3 Å². The van der Waals surface area contributed by atoms with Gasteiger partial charge < -0.3 is 10.1 Å². The van der Waals surface area contributed by atoms with Crippen LogP contribution in [0, 0.1) is 0 Å². The minimum atomic E-state index is -0.296. The van der Waals surface area contributed by atoms with Gasteiger partial charge in [-0.2, -0.15) is 0 Å². The molecule has 2 aromatic carbocycles. The molecule has 0 saturated heterocycles. The topological polar surface area (TPSA) is 38.3 Å². The monoisotopic (exact) mass is 445 g/mol. The fourth-order valence-electron chi connectivity index (χ4n) is 2.13. The zero-order chi connectivity index (χ0) is 18.7. The van der Waals surface area contributed by atoms with Crippen LogP contribution in [0.25, 0.3) is 0 Å². The number of ether oxygens (including phenoxy) is 1. The highest BCUT2D eigenvalue weighted by atomic mass is 35.5. The smallest absolute Gasteiger partial charge is 0.269 e. The van der Waals surface area contributed by atoms with E-state index in [9.17, 15) is 4.79 Å². The number of hydrogen-bond acceptors (Lipinski definition) is 3. The Morgan fingerprint density at radius 2 is 1.77 bits per heavy atom. The summed E-state index contributed by atoms with van der Waals surface area (Å²) >= 11 is 25.2. The van der Waals surface area contributed by atoms with E-state index in [1.165, 1.54) is 11.3 Å². The summed E-state index contributed by atoms with van der Waals surface area (Å²) in [6.07, 6.45) is 0. The van der Waals surface area contributed by atoms with Gasteiger partial charge >= 0.3 is 0 Å². The van der Waals surface area contributed by atoms with Gasteiger partial charge in [-0.3, -0.25) is 4.79 Å². The first-order valence-electron chi connectivity index (χ1n) is 7.34. The molecule has 0 aliphatic heterocycles. The fraction of sp³-hybridized carbons (Fsp3) is 0.0556. The van der Waals surface area contributed by atoms with E-state index >= 15 is 0 Å². The molecule has 1 aromatic heterocycles. The summed E-state index contributed by atoms with van der Waals surface area (Å²) in [5.74, 6) is 0.175. The number of amides is 1. The highest BCUT2D eigenvalue weighted by Crippen LogP contribution is 2.30. The summed E-state index contributed by atoms with van der Waals surface area (Å²) in [6.45, 7) is 0.222. The Labute approximate surface area is 174 Å². The van der Waals surface area contributed by atoms with E-state index in [4.69, 9.17) is 51.1 Å². The number of carbonyl (C=O) groups excluding carboxylic acids is 1. The third-order valence-corrected chi connectivity index (χ3v) is 5.63. The maximum Gasteiger partial charge on any atom is 0.269 e. The van der Waals surface area contributed by atoms with Gasteiger partial charge in [-0.1, -0.05) is 52.5 Å². The van der Waals surface area contributed by atoms with Gasteiger partial charge in [0.25, 0.3) is 5.91 Å². The predicted molar refractivity (Wildman–Crippen MR) is 110 cm³/mol. The minimum Gasteiger partial charge on any atom is -0.487 e. The molecule has 0 spiro atoms. The number of anilines is 1. The molecule has 0 saturated carbocycles. The van der Waals surface area contributed by atoms with Gasteiger partial charge in [-0.15, -0.1) is 11.3 Å². The lowest BCUT2D eigenvalue weighted by Gasteiger charge is -2.10. The molecule has 3 rings (SSSR count). The quantitative estimate of drug-likeness (QED) is 0.450. The molecule has 0 atom stereocenters. The molecule has 1 N–H and O–H groups in total. The lowest BCUT2D eigenvalue weighted by Crippen LogP contribution is -2.11. The van der Waals surface area contributed by atoms with Gasteiger partial charge in [0.15, 0.2) is 0 Å². The number of rotatable bonds is 5. The molecular weight excluding hydrogens is 436 g/mol. The van der Waals surface area contributed by atoms with Crippen molar-refractivity contribution in [3.63, 3.8) is 0 Å². The van der Waals surface area contributed by atoms with E-state index in [2.05, 4.69) is 5.32 Å². The molecule has 3 nitrogen and oxygen atoms in total. The Hall–Kier alpha value is -1.43. The van der Waals surface area contributed by atoms with Crippen LogP contribution in [-0.2, 0) is 6.61 Å². The van der Waals surface area contributed by atoms with Gasteiger partial charge in [-0.05, 0) is 41.8 Å². The molecular formula is C18H11Cl4NO2S. The summed E-state index contributed by atoms with van der Waals surface area (Å²) in [6, 6.07) is 11.8. The maximum absolute atomic E-state index is 12.5. The van der Waals surface area contributed by atoms with Crippen molar-refractivity contribution < 1.29 is 9.53 Å². The second kappa shape index (κ2) is 8.51. The third kappa shape index (κ3) is 4.64. The largest absolute Gasteiger partial charge is 0.487 e. The van der Waals surface area contributed by atoms with Crippen LogP contribution < -0.4 is 10.1 Å². The van der Waals surface area contributed by atoms with Crippen molar-refractivity contribution in [1.82, 2.24) is 0 Å². The van der Waals surface area contributed by atoms with Crippen LogP contribution in [0.15, 0.2) is 47.8 Å². The van der Waals surface area contributed by atoms with E-state index in [-0.39, 0.29) is 12.5 Å². The second-order valence-electron chi connectivity index (χ2n) is 5.22. The Balaban J connectivity index is 1.71. The van der Waals surface area contributed by atoms with Gasteiger partial charge in [0.05, 0.1) is 10.0 Å². The zero-order valence-corrected chi connectivity index (χ0v) is 16.9. The molecule has 0 unspecified atom stereocenters. The number of benzene rings is 2. The second-order valence-corrected chi connectivity index (χ2v) is 7.80. The first-order valence-corrected chi connectivity index (χ1v) is 9.74. The Kier molecular flexibility index (Phi) is 6.33. The molecule has 0 fully saturated rings. The summed E-state index contributed by atoms with van der Waals surface area (Å²) in [5, 5.41) is 6.40. The summed E-state index contributed by atoms with van der Waals surface area (Å²) < 4.78 is 5.76. The molecule has 0 aliphatic rings. The number of nitrogens with one attached hydrogen (secondary N) is 1. The lowest BCUT2D eigenvalue weighted by atomic mass is 10.2. The molecule has 8 heteroatoms. The van der Waals surface area contributed by atoms with Gasteiger partial charge in [-0.25, -0.2) is 0 Å². The van der Waals surface area contributed by atoms with E-state index in [1.807, 2.05) is 0 Å². The van der Waals surface area contributed by atoms with Crippen LogP contribution in [0.3, 0.4) is 0 Å². The predicted octanol–water partition coefficient (Wildman–Crippen LogP) is 7.19. The van der Waals surface area contributed by atoms with Crippen LogP contribution >= 0.6 is 57.7 Å². The van der Waals surface area contributed by atoms with Crippen LogP contribution in [0.2, 0.25) is 20.1 Å². The van der Waals surface area contributed by atoms with Crippen LogP contribution in [0.5, 0.6) is 5.75 Å².